The normalized spacial score (nSPS) is 16.7. The second-order valence-corrected chi connectivity index (χ2v) is 5.51. The number of aromatic nitrogens is 1. The number of hydrogen-bond donors (Lipinski definition) is 1. The van der Waals surface area contributed by atoms with E-state index in [-0.39, 0.29) is 18.2 Å². The third kappa shape index (κ3) is 2.25. The summed E-state index contributed by atoms with van der Waals surface area (Å²) in [7, 11) is 0. The zero-order chi connectivity index (χ0) is 15.8. The maximum absolute atomic E-state index is 12.6. The van der Waals surface area contributed by atoms with Gasteiger partial charge in [-0.1, -0.05) is 36.4 Å². The molecule has 23 heavy (non-hydrogen) atoms. The highest BCUT2D eigenvalue weighted by atomic mass is 16.2. The second kappa shape index (κ2) is 5.25. The Hall–Kier alpha value is -3.14. The molecule has 4 rings (SSSR count). The van der Waals surface area contributed by atoms with Crippen LogP contribution in [0.4, 0.5) is 5.69 Å². The van der Waals surface area contributed by atoms with E-state index in [1.54, 1.807) is 12.1 Å². The molecule has 4 nitrogen and oxygen atoms in total. The molecule has 112 valence electrons. The van der Waals surface area contributed by atoms with Crippen molar-refractivity contribution in [2.45, 2.75) is 6.42 Å². The number of nitrogens with zero attached hydrogens (tertiary/aromatic N) is 1. The molecular weight excluding hydrogens is 288 g/mol. The summed E-state index contributed by atoms with van der Waals surface area (Å²) in [5, 5.41) is 1.04. The van der Waals surface area contributed by atoms with Crippen LogP contribution in [0.2, 0.25) is 0 Å². The fourth-order valence-electron chi connectivity index (χ4n) is 2.93. The van der Waals surface area contributed by atoms with Crippen LogP contribution in [0.3, 0.4) is 0 Å². The first-order valence-electron chi connectivity index (χ1n) is 7.43. The first kappa shape index (κ1) is 13.5. The molecule has 0 bridgehead atoms. The highest BCUT2D eigenvalue weighted by Crippen LogP contribution is 2.28. The Morgan fingerprint density at radius 2 is 1.70 bits per heavy atom. The van der Waals surface area contributed by atoms with Crippen molar-refractivity contribution in [2.75, 3.05) is 4.90 Å². The molecule has 3 aromatic rings. The standard InChI is InChI=1S/C19H14N2O2/c22-18-11-13(19(23)21(18)15-6-2-1-3-7-15)10-14-12-20-17-9-5-4-8-16(14)17/h1-10,12,20H,11H2. The molecule has 2 aromatic carbocycles. The summed E-state index contributed by atoms with van der Waals surface area (Å²) in [4.78, 5) is 29.3. The molecular formula is C19H14N2O2. The zero-order valence-electron chi connectivity index (χ0n) is 12.3. The minimum Gasteiger partial charge on any atom is -0.361 e. The lowest BCUT2D eigenvalue weighted by atomic mass is 10.1. The van der Waals surface area contributed by atoms with Crippen LogP contribution in [-0.2, 0) is 9.59 Å². The number of nitrogens with one attached hydrogen (secondary N) is 1. The molecule has 0 atom stereocenters. The second-order valence-electron chi connectivity index (χ2n) is 5.51. The Bertz CT molecular complexity index is 938. The number of benzene rings is 2. The number of carbonyl (C=O) groups excluding carboxylic acids is 2. The van der Waals surface area contributed by atoms with Gasteiger partial charge in [0.05, 0.1) is 12.1 Å². The molecule has 0 radical (unpaired) electrons. The van der Waals surface area contributed by atoms with Gasteiger partial charge in [-0.05, 0) is 24.3 Å². The van der Waals surface area contributed by atoms with Crippen LogP contribution < -0.4 is 4.90 Å². The first-order valence-corrected chi connectivity index (χ1v) is 7.43. The number of H-pyrrole nitrogens is 1. The fourth-order valence-corrected chi connectivity index (χ4v) is 2.93. The quantitative estimate of drug-likeness (QED) is 0.582. The Morgan fingerprint density at radius 3 is 2.52 bits per heavy atom. The van der Waals surface area contributed by atoms with E-state index >= 15 is 0 Å². The van der Waals surface area contributed by atoms with E-state index in [1.807, 2.05) is 54.7 Å². The van der Waals surface area contributed by atoms with Crippen molar-refractivity contribution in [3.8, 4) is 0 Å². The third-order valence-electron chi connectivity index (χ3n) is 4.03. The number of hydrogen-bond acceptors (Lipinski definition) is 2. The number of anilines is 1. The Morgan fingerprint density at radius 1 is 0.957 bits per heavy atom. The van der Waals surface area contributed by atoms with Crippen LogP contribution >= 0.6 is 0 Å². The molecule has 1 saturated heterocycles. The van der Waals surface area contributed by atoms with Crippen LogP contribution in [0.1, 0.15) is 12.0 Å². The van der Waals surface area contributed by atoms with E-state index in [0.717, 1.165) is 16.5 Å². The van der Waals surface area contributed by atoms with Crippen LogP contribution in [0.5, 0.6) is 0 Å². The number of para-hydroxylation sites is 2. The van der Waals surface area contributed by atoms with Crippen molar-refractivity contribution < 1.29 is 9.59 Å². The van der Waals surface area contributed by atoms with E-state index in [4.69, 9.17) is 0 Å². The lowest BCUT2D eigenvalue weighted by Crippen LogP contribution is -2.28. The van der Waals surface area contributed by atoms with E-state index in [1.165, 1.54) is 4.90 Å². The first-order chi connectivity index (χ1) is 11.2. The molecule has 0 saturated carbocycles. The average Bonchev–Trinajstić information content (AvgIpc) is 3.10. The maximum Gasteiger partial charge on any atom is 0.261 e. The summed E-state index contributed by atoms with van der Waals surface area (Å²) in [5.74, 6) is -0.432. The number of aromatic amines is 1. The highest BCUT2D eigenvalue weighted by molar-refractivity contribution is 6.29. The van der Waals surface area contributed by atoms with E-state index < -0.39 is 0 Å². The van der Waals surface area contributed by atoms with Gasteiger partial charge in [0.15, 0.2) is 0 Å². The summed E-state index contributed by atoms with van der Waals surface area (Å²) in [5.41, 5.74) is 3.07. The molecule has 4 heteroatoms. The molecule has 0 spiro atoms. The van der Waals surface area contributed by atoms with Crippen LogP contribution in [0.15, 0.2) is 66.4 Å². The number of fused-ring (bicyclic) bond motifs is 1. The van der Waals surface area contributed by atoms with Gasteiger partial charge in [0.1, 0.15) is 0 Å². The summed E-state index contributed by atoms with van der Waals surface area (Å²) in [6.07, 6.45) is 3.80. The van der Waals surface area contributed by atoms with Gasteiger partial charge in [0.2, 0.25) is 5.91 Å². The van der Waals surface area contributed by atoms with Crippen LogP contribution in [0, 0.1) is 0 Å². The average molecular weight is 302 g/mol. The smallest absolute Gasteiger partial charge is 0.261 e. The fraction of sp³-hybridized carbons (Fsp3) is 0.0526. The monoisotopic (exact) mass is 302 g/mol. The topological polar surface area (TPSA) is 53.2 Å². The SMILES string of the molecule is O=C1CC(=Cc2c[nH]c3ccccc23)C(=O)N1c1ccccc1. The van der Waals surface area contributed by atoms with Gasteiger partial charge in [-0.25, -0.2) is 4.90 Å². The Kier molecular flexibility index (Phi) is 3.08. The van der Waals surface area contributed by atoms with Crippen molar-refractivity contribution in [1.29, 1.82) is 0 Å². The minimum absolute atomic E-state index is 0.132. The molecule has 0 unspecified atom stereocenters. The van der Waals surface area contributed by atoms with Crippen molar-refractivity contribution in [2.24, 2.45) is 0 Å². The third-order valence-corrected chi connectivity index (χ3v) is 4.03. The van der Waals surface area contributed by atoms with Crippen molar-refractivity contribution >= 4 is 34.5 Å². The zero-order valence-corrected chi connectivity index (χ0v) is 12.3. The lowest BCUT2D eigenvalue weighted by molar-refractivity contribution is -0.120. The Balaban J connectivity index is 1.73. The highest BCUT2D eigenvalue weighted by Gasteiger charge is 2.34. The molecule has 1 aromatic heterocycles. The molecule has 1 aliphatic rings. The summed E-state index contributed by atoms with van der Waals surface area (Å²) in [6, 6.07) is 16.9. The van der Waals surface area contributed by atoms with E-state index in [2.05, 4.69) is 4.98 Å². The predicted octanol–water partition coefficient (Wildman–Crippen LogP) is 3.51. The van der Waals surface area contributed by atoms with Crippen molar-refractivity contribution in [1.82, 2.24) is 4.98 Å². The van der Waals surface area contributed by atoms with Gasteiger partial charge in [-0.2, -0.15) is 0 Å². The number of rotatable bonds is 2. The maximum atomic E-state index is 12.6. The summed E-state index contributed by atoms with van der Waals surface area (Å²) in [6.45, 7) is 0. The van der Waals surface area contributed by atoms with Gasteiger partial charge in [-0.3, -0.25) is 9.59 Å². The van der Waals surface area contributed by atoms with Crippen LogP contribution in [-0.4, -0.2) is 16.8 Å². The predicted molar refractivity (Wildman–Crippen MR) is 89.8 cm³/mol. The summed E-state index contributed by atoms with van der Waals surface area (Å²) < 4.78 is 0. The molecule has 2 heterocycles. The van der Waals surface area contributed by atoms with Crippen LogP contribution in [0.25, 0.3) is 17.0 Å². The number of imide groups is 1. The summed E-state index contributed by atoms with van der Waals surface area (Å²) >= 11 is 0. The van der Waals surface area contributed by atoms with Crippen molar-refractivity contribution in [3.63, 3.8) is 0 Å². The Labute approximate surface area is 133 Å². The molecule has 2 amide bonds. The van der Waals surface area contributed by atoms with E-state index in [9.17, 15) is 9.59 Å². The van der Waals surface area contributed by atoms with Gasteiger partial charge in [0.25, 0.3) is 5.91 Å². The number of amides is 2. The molecule has 0 aliphatic carbocycles. The molecule has 1 aliphatic heterocycles. The van der Waals surface area contributed by atoms with Gasteiger partial charge < -0.3 is 4.98 Å². The van der Waals surface area contributed by atoms with Crippen molar-refractivity contribution in [3.05, 3.63) is 71.9 Å². The molecule has 1 N–H and O–H groups in total. The lowest BCUT2D eigenvalue weighted by Gasteiger charge is -2.12. The van der Waals surface area contributed by atoms with Gasteiger partial charge >= 0.3 is 0 Å². The van der Waals surface area contributed by atoms with Gasteiger partial charge in [-0.15, -0.1) is 0 Å². The minimum atomic E-state index is -0.244. The number of carbonyl (C=O) groups is 2. The molecule has 1 fully saturated rings. The van der Waals surface area contributed by atoms with E-state index in [0.29, 0.717) is 11.3 Å². The largest absolute Gasteiger partial charge is 0.361 e. The van der Waals surface area contributed by atoms with Gasteiger partial charge in [0, 0.05) is 28.2 Å².